The maximum absolute atomic E-state index is 12.2. The molecule has 0 saturated heterocycles. The number of pyridine rings is 2. The van der Waals surface area contributed by atoms with E-state index in [2.05, 4.69) is 4.98 Å². The lowest BCUT2D eigenvalue weighted by molar-refractivity contribution is 0.0951. The lowest BCUT2D eigenvalue weighted by Crippen LogP contribution is -2.34. The molecule has 3 rings (SSSR count). The zero-order valence-corrected chi connectivity index (χ0v) is 13.9. The first kappa shape index (κ1) is 17.1. The number of nitrogen functional groups attached to an aromatic ring is 1. The number of hydrogen-bond donors (Lipinski definition) is 2. The van der Waals surface area contributed by atoms with Gasteiger partial charge in [-0.25, -0.2) is 10.8 Å². The zero-order valence-electron chi connectivity index (χ0n) is 13.9. The summed E-state index contributed by atoms with van der Waals surface area (Å²) in [6.07, 6.45) is 3.05. The average molecular weight is 344 g/mol. The number of carbonyl (C=O) groups is 1. The van der Waals surface area contributed by atoms with Crippen LogP contribution in [0.2, 0.25) is 0 Å². The van der Waals surface area contributed by atoms with Crippen LogP contribution < -0.4 is 21.4 Å². The molecule has 1 amide bonds. The van der Waals surface area contributed by atoms with E-state index in [1.807, 2.05) is 22.1 Å². The highest BCUT2D eigenvalue weighted by Crippen LogP contribution is 2.28. The van der Waals surface area contributed by atoms with E-state index >= 15 is 0 Å². The Morgan fingerprint density at radius 3 is 3.00 bits per heavy atom. The lowest BCUT2D eigenvalue weighted by atomic mass is 10.0. The fourth-order valence-electron chi connectivity index (χ4n) is 2.81. The van der Waals surface area contributed by atoms with Crippen LogP contribution in [0.25, 0.3) is 11.4 Å². The fourth-order valence-corrected chi connectivity index (χ4v) is 2.81. The molecule has 0 aromatic carbocycles. The number of aromatic nitrogens is 2. The van der Waals surface area contributed by atoms with Gasteiger partial charge >= 0.3 is 0 Å². The van der Waals surface area contributed by atoms with E-state index in [-0.39, 0.29) is 5.56 Å². The summed E-state index contributed by atoms with van der Waals surface area (Å²) in [6.45, 7) is 1.78. The van der Waals surface area contributed by atoms with E-state index < -0.39 is 11.3 Å². The molecule has 25 heavy (non-hydrogen) atoms. The number of nitrogens with one attached hydrogen (secondary N) is 1. The van der Waals surface area contributed by atoms with Gasteiger partial charge in [-0.05, 0) is 12.0 Å². The third kappa shape index (κ3) is 3.54. The van der Waals surface area contributed by atoms with Crippen molar-refractivity contribution < 1.29 is 14.3 Å². The summed E-state index contributed by atoms with van der Waals surface area (Å²) < 4.78 is 12.5. The topological polar surface area (TPSA) is 108 Å². The molecule has 3 heterocycles. The highest BCUT2D eigenvalue weighted by molar-refractivity contribution is 5.93. The van der Waals surface area contributed by atoms with Gasteiger partial charge in [0.2, 0.25) is 5.88 Å². The Bertz CT molecular complexity index is 847. The first-order chi connectivity index (χ1) is 12.1. The highest BCUT2D eigenvalue weighted by atomic mass is 16.5. The average Bonchev–Trinajstić information content (AvgIpc) is 2.64. The normalized spacial score (nSPS) is 12.2. The van der Waals surface area contributed by atoms with Crippen LogP contribution in [0.15, 0.2) is 29.2 Å². The first-order valence-corrected chi connectivity index (χ1v) is 8.01. The summed E-state index contributed by atoms with van der Waals surface area (Å²) in [4.78, 5) is 28.5. The number of carbonyl (C=O) groups excluding carboxylic acids is 1. The van der Waals surface area contributed by atoms with Crippen molar-refractivity contribution in [1.82, 2.24) is 15.0 Å². The van der Waals surface area contributed by atoms with E-state index in [1.165, 1.54) is 12.3 Å². The van der Waals surface area contributed by atoms with Gasteiger partial charge in [0.05, 0.1) is 18.0 Å². The van der Waals surface area contributed by atoms with Crippen molar-refractivity contribution in [3.05, 3.63) is 45.7 Å². The van der Waals surface area contributed by atoms with Crippen LogP contribution in [-0.4, -0.2) is 35.8 Å². The predicted molar refractivity (Wildman–Crippen MR) is 91.3 cm³/mol. The third-order valence-electron chi connectivity index (χ3n) is 4.06. The van der Waals surface area contributed by atoms with Crippen molar-refractivity contribution >= 4 is 5.91 Å². The second kappa shape index (κ2) is 7.45. The molecule has 8 heteroatoms. The zero-order chi connectivity index (χ0) is 17.8. The molecule has 132 valence electrons. The van der Waals surface area contributed by atoms with Gasteiger partial charge in [0.1, 0.15) is 5.56 Å². The molecule has 3 N–H and O–H groups in total. The van der Waals surface area contributed by atoms with Crippen molar-refractivity contribution in [2.24, 2.45) is 5.84 Å². The molecule has 0 bridgehead atoms. The molecule has 0 radical (unpaired) electrons. The number of fused-ring (bicyclic) bond motifs is 3. The van der Waals surface area contributed by atoms with Crippen molar-refractivity contribution in [1.29, 1.82) is 0 Å². The Balaban J connectivity index is 1.93. The Labute approximate surface area is 144 Å². The number of hydrazine groups is 1. The van der Waals surface area contributed by atoms with E-state index in [1.54, 1.807) is 7.11 Å². The van der Waals surface area contributed by atoms with Gasteiger partial charge in [0.25, 0.3) is 5.91 Å². The van der Waals surface area contributed by atoms with Gasteiger partial charge in [-0.15, -0.1) is 0 Å². The number of ether oxygens (including phenoxy) is 2. The molecule has 0 fully saturated rings. The number of amides is 1. The van der Waals surface area contributed by atoms with Crippen molar-refractivity contribution in [3.63, 3.8) is 0 Å². The summed E-state index contributed by atoms with van der Waals surface area (Å²) in [5, 5.41) is 0. The quantitative estimate of drug-likeness (QED) is 0.342. The summed E-state index contributed by atoms with van der Waals surface area (Å²) in [7, 11) is 1.64. The largest absolute Gasteiger partial charge is 0.478 e. The smallest absolute Gasteiger partial charge is 0.270 e. The number of rotatable bonds is 6. The second-order valence-corrected chi connectivity index (χ2v) is 5.71. The van der Waals surface area contributed by atoms with Gasteiger partial charge in [0.15, 0.2) is 5.43 Å². The summed E-state index contributed by atoms with van der Waals surface area (Å²) >= 11 is 0. The van der Waals surface area contributed by atoms with Crippen molar-refractivity contribution in [2.75, 3.05) is 20.3 Å². The Morgan fingerprint density at radius 2 is 2.24 bits per heavy atom. The minimum absolute atomic E-state index is 0.0154. The van der Waals surface area contributed by atoms with E-state index in [4.69, 9.17) is 15.3 Å². The fraction of sp³-hybridized carbons (Fsp3) is 0.353. The van der Waals surface area contributed by atoms with Crippen LogP contribution in [0.3, 0.4) is 0 Å². The molecule has 1 aliphatic rings. The number of methoxy groups -OCH3 is 1. The van der Waals surface area contributed by atoms with Gasteiger partial charge in [-0.2, -0.15) is 0 Å². The number of hydrogen-bond acceptors (Lipinski definition) is 6. The molecule has 2 aromatic heterocycles. The Hall–Kier alpha value is -2.71. The van der Waals surface area contributed by atoms with Crippen molar-refractivity contribution in [3.8, 4) is 17.3 Å². The molecule has 0 aliphatic carbocycles. The molecule has 0 saturated carbocycles. The molecule has 1 aliphatic heterocycles. The molecule has 2 aromatic rings. The second-order valence-electron chi connectivity index (χ2n) is 5.71. The molecular formula is C17H20N4O4. The van der Waals surface area contributed by atoms with Gasteiger partial charge in [-0.1, -0.05) is 6.07 Å². The highest BCUT2D eigenvalue weighted by Gasteiger charge is 2.21. The monoisotopic (exact) mass is 344 g/mol. The molecular weight excluding hydrogens is 324 g/mol. The van der Waals surface area contributed by atoms with Crippen LogP contribution in [-0.2, 0) is 17.7 Å². The van der Waals surface area contributed by atoms with Crippen LogP contribution in [0.4, 0.5) is 0 Å². The summed E-state index contributed by atoms with van der Waals surface area (Å²) in [5.74, 6) is 5.03. The van der Waals surface area contributed by atoms with Crippen molar-refractivity contribution in [2.45, 2.75) is 19.4 Å². The van der Waals surface area contributed by atoms with Gasteiger partial charge < -0.3 is 14.0 Å². The minimum Gasteiger partial charge on any atom is -0.478 e. The predicted octanol–water partition coefficient (Wildman–Crippen LogP) is 0.485. The van der Waals surface area contributed by atoms with E-state index in [0.29, 0.717) is 37.0 Å². The number of nitrogens with two attached hydrogens (primary N) is 1. The molecule has 0 unspecified atom stereocenters. The third-order valence-corrected chi connectivity index (χ3v) is 4.06. The van der Waals surface area contributed by atoms with E-state index in [0.717, 1.165) is 18.4 Å². The van der Waals surface area contributed by atoms with Crippen LogP contribution in [0, 0.1) is 0 Å². The molecule has 0 atom stereocenters. The molecule has 8 nitrogen and oxygen atoms in total. The molecule has 0 spiro atoms. The maximum Gasteiger partial charge on any atom is 0.270 e. The van der Waals surface area contributed by atoms with Crippen LogP contribution >= 0.6 is 0 Å². The standard InChI is InChI=1S/C17H20N4O4/c1-24-7-2-8-25-15-4-3-11-5-6-21-10-12(17(23)20-18)14(22)9-13(21)16(11)19-15/h3-4,9-10H,2,5-8,18H2,1H3,(H,20,23). The minimum atomic E-state index is -0.603. The van der Waals surface area contributed by atoms with Crippen LogP contribution in [0.5, 0.6) is 5.88 Å². The lowest BCUT2D eigenvalue weighted by Gasteiger charge is -2.22. The van der Waals surface area contributed by atoms with Gasteiger partial charge in [0, 0.05) is 45.0 Å². The summed E-state index contributed by atoms with van der Waals surface area (Å²) in [6, 6.07) is 5.21. The maximum atomic E-state index is 12.2. The summed E-state index contributed by atoms with van der Waals surface area (Å²) in [5.41, 5.74) is 4.03. The van der Waals surface area contributed by atoms with Crippen LogP contribution in [0.1, 0.15) is 22.3 Å². The Morgan fingerprint density at radius 1 is 1.40 bits per heavy atom. The number of nitrogens with zero attached hydrogens (tertiary/aromatic N) is 2. The van der Waals surface area contributed by atoms with E-state index in [9.17, 15) is 9.59 Å². The Kier molecular flexibility index (Phi) is 5.11. The van der Waals surface area contributed by atoms with Gasteiger partial charge in [-0.3, -0.25) is 15.0 Å². The number of aryl methyl sites for hydroxylation is 2. The SMILES string of the molecule is COCCCOc1ccc2c(n1)-c1cc(=O)c(C(=O)NN)cn1CC2. The first-order valence-electron chi connectivity index (χ1n) is 8.01.